The third-order valence-corrected chi connectivity index (χ3v) is 5.42. The number of rotatable bonds is 4. The topological polar surface area (TPSA) is 64.2 Å². The highest BCUT2D eigenvalue weighted by molar-refractivity contribution is 6.35. The van der Waals surface area contributed by atoms with Crippen LogP contribution in [0.15, 0.2) is 83.9 Å². The second-order valence-corrected chi connectivity index (χ2v) is 7.47. The van der Waals surface area contributed by atoms with Gasteiger partial charge in [-0.25, -0.2) is 9.50 Å². The molecule has 3 aromatic heterocycles. The van der Waals surface area contributed by atoms with Gasteiger partial charge in [0.05, 0.1) is 22.6 Å². The molecule has 0 aliphatic carbocycles. The minimum atomic E-state index is -0.195. The zero-order chi connectivity index (χ0) is 20.7. The molecule has 0 radical (unpaired) electrons. The highest BCUT2D eigenvalue weighted by atomic mass is 35.5. The van der Waals surface area contributed by atoms with Gasteiger partial charge in [0.1, 0.15) is 5.82 Å². The SMILES string of the molecule is CC(Nc1ccn2nccc2n1)c1cc2cccc(Cl)c2c(=O)n1-c1ccccc1. The molecule has 0 aliphatic heterocycles. The maximum Gasteiger partial charge on any atom is 0.264 e. The van der Waals surface area contributed by atoms with Crippen molar-refractivity contribution in [2.75, 3.05) is 5.32 Å². The fourth-order valence-electron chi connectivity index (χ4n) is 3.69. The molecule has 6 nitrogen and oxygen atoms in total. The number of hydrogen-bond donors (Lipinski definition) is 1. The van der Waals surface area contributed by atoms with Crippen molar-refractivity contribution in [1.29, 1.82) is 0 Å². The molecular weight excluding hydrogens is 398 g/mol. The number of benzene rings is 2. The van der Waals surface area contributed by atoms with E-state index in [0.29, 0.717) is 16.2 Å². The summed E-state index contributed by atoms with van der Waals surface area (Å²) in [6.07, 6.45) is 3.55. The Bertz CT molecular complexity index is 1420. The lowest BCUT2D eigenvalue weighted by Crippen LogP contribution is -2.25. The highest BCUT2D eigenvalue weighted by Crippen LogP contribution is 2.26. The van der Waals surface area contributed by atoms with Gasteiger partial charge in [0, 0.05) is 23.6 Å². The first-order valence-corrected chi connectivity index (χ1v) is 9.96. The fourth-order valence-corrected chi connectivity index (χ4v) is 3.95. The lowest BCUT2D eigenvalue weighted by Gasteiger charge is -2.21. The average molecular weight is 416 g/mol. The molecule has 1 atom stereocenters. The third kappa shape index (κ3) is 3.11. The Morgan fingerprint density at radius 1 is 1.03 bits per heavy atom. The van der Waals surface area contributed by atoms with E-state index in [-0.39, 0.29) is 11.6 Å². The number of halogens is 1. The lowest BCUT2D eigenvalue weighted by molar-refractivity contribution is 0.772. The summed E-state index contributed by atoms with van der Waals surface area (Å²) < 4.78 is 3.41. The molecule has 0 fully saturated rings. The summed E-state index contributed by atoms with van der Waals surface area (Å²) in [5.74, 6) is 0.703. The van der Waals surface area contributed by atoms with E-state index in [0.717, 1.165) is 22.4 Å². The van der Waals surface area contributed by atoms with Crippen LogP contribution < -0.4 is 10.9 Å². The van der Waals surface area contributed by atoms with E-state index >= 15 is 0 Å². The van der Waals surface area contributed by atoms with Gasteiger partial charge in [-0.3, -0.25) is 9.36 Å². The van der Waals surface area contributed by atoms with Crippen molar-refractivity contribution >= 4 is 33.8 Å². The van der Waals surface area contributed by atoms with Crippen molar-refractivity contribution in [3.05, 3.63) is 100 Å². The first-order valence-electron chi connectivity index (χ1n) is 9.58. The average Bonchev–Trinajstić information content (AvgIpc) is 3.22. The van der Waals surface area contributed by atoms with E-state index in [4.69, 9.17) is 11.6 Å². The highest BCUT2D eigenvalue weighted by Gasteiger charge is 2.18. The van der Waals surface area contributed by atoms with Gasteiger partial charge in [-0.2, -0.15) is 5.10 Å². The van der Waals surface area contributed by atoms with Crippen LogP contribution in [0.25, 0.3) is 22.1 Å². The number of fused-ring (bicyclic) bond motifs is 2. The minimum Gasteiger partial charge on any atom is -0.362 e. The molecule has 30 heavy (non-hydrogen) atoms. The molecule has 1 N–H and O–H groups in total. The summed E-state index contributed by atoms with van der Waals surface area (Å²) in [4.78, 5) is 18.1. The zero-order valence-electron chi connectivity index (χ0n) is 16.2. The van der Waals surface area contributed by atoms with Crippen LogP contribution in [0.2, 0.25) is 5.02 Å². The second-order valence-electron chi connectivity index (χ2n) is 7.06. The number of anilines is 1. The molecule has 148 valence electrons. The first kappa shape index (κ1) is 18.4. The monoisotopic (exact) mass is 415 g/mol. The Kier molecular flexibility index (Phi) is 4.48. The Hall–Kier alpha value is -3.64. The van der Waals surface area contributed by atoms with E-state index in [2.05, 4.69) is 15.4 Å². The summed E-state index contributed by atoms with van der Waals surface area (Å²) in [6.45, 7) is 2.01. The Morgan fingerprint density at radius 2 is 1.87 bits per heavy atom. The Balaban J connectivity index is 1.67. The molecule has 0 saturated carbocycles. The predicted octanol–water partition coefficient (Wildman–Crippen LogP) is 4.86. The second kappa shape index (κ2) is 7.31. The van der Waals surface area contributed by atoms with Crippen LogP contribution in [0.5, 0.6) is 0 Å². The molecule has 3 heterocycles. The molecule has 5 aromatic rings. The van der Waals surface area contributed by atoms with Gasteiger partial charge in [-0.1, -0.05) is 41.9 Å². The van der Waals surface area contributed by atoms with E-state index in [1.807, 2.05) is 73.8 Å². The van der Waals surface area contributed by atoms with Crippen LogP contribution in [0.1, 0.15) is 18.7 Å². The molecule has 5 rings (SSSR count). The van der Waals surface area contributed by atoms with Crippen LogP contribution in [-0.2, 0) is 0 Å². The van der Waals surface area contributed by atoms with Crippen molar-refractivity contribution in [2.24, 2.45) is 0 Å². The molecule has 7 heteroatoms. The van der Waals surface area contributed by atoms with E-state index < -0.39 is 0 Å². The van der Waals surface area contributed by atoms with Gasteiger partial charge in [0.2, 0.25) is 0 Å². The van der Waals surface area contributed by atoms with Gasteiger partial charge in [-0.15, -0.1) is 0 Å². The summed E-state index contributed by atoms with van der Waals surface area (Å²) in [5, 5.41) is 9.35. The van der Waals surface area contributed by atoms with Crippen molar-refractivity contribution in [3.8, 4) is 5.69 Å². The van der Waals surface area contributed by atoms with Crippen LogP contribution in [-0.4, -0.2) is 19.2 Å². The van der Waals surface area contributed by atoms with Crippen LogP contribution in [0, 0.1) is 0 Å². The summed E-state index contributed by atoms with van der Waals surface area (Å²) >= 11 is 6.38. The molecule has 0 bridgehead atoms. The molecule has 0 spiro atoms. The quantitative estimate of drug-likeness (QED) is 0.455. The number of nitrogens with zero attached hydrogens (tertiary/aromatic N) is 4. The summed E-state index contributed by atoms with van der Waals surface area (Å²) in [5.41, 5.74) is 2.20. The van der Waals surface area contributed by atoms with Gasteiger partial charge in [0.25, 0.3) is 5.56 Å². The van der Waals surface area contributed by atoms with Crippen LogP contribution in [0.3, 0.4) is 0 Å². The Morgan fingerprint density at radius 3 is 2.70 bits per heavy atom. The standard InChI is InChI=1S/C23H18ClN5O/c1-15(26-20-11-13-28-21(27-20)10-12-25-28)19-14-16-6-5-9-18(24)22(16)23(30)29(19)17-7-3-2-4-8-17/h2-15H,1H3,(H,26,27). The number of para-hydroxylation sites is 1. The molecule has 0 aliphatic rings. The van der Waals surface area contributed by atoms with E-state index in [1.165, 1.54) is 0 Å². The molecular formula is C23H18ClN5O. The van der Waals surface area contributed by atoms with Gasteiger partial charge < -0.3 is 5.32 Å². The summed E-state index contributed by atoms with van der Waals surface area (Å²) in [6, 6.07) is 20.6. The maximum atomic E-state index is 13.5. The zero-order valence-corrected chi connectivity index (χ0v) is 16.9. The number of nitrogens with one attached hydrogen (secondary N) is 1. The summed E-state index contributed by atoms with van der Waals surface area (Å²) in [7, 11) is 0. The van der Waals surface area contributed by atoms with Crippen molar-refractivity contribution in [1.82, 2.24) is 19.2 Å². The van der Waals surface area contributed by atoms with Crippen molar-refractivity contribution in [3.63, 3.8) is 0 Å². The van der Waals surface area contributed by atoms with E-state index in [1.54, 1.807) is 21.3 Å². The number of hydrogen-bond acceptors (Lipinski definition) is 4. The number of pyridine rings is 1. The van der Waals surface area contributed by atoms with Crippen LogP contribution in [0.4, 0.5) is 5.82 Å². The number of aromatic nitrogens is 4. The predicted molar refractivity (Wildman–Crippen MR) is 120 cm³/mol. The maximum absolute atomic E-state index is 13.5. The third-order valence-electron chi connectivity index (χ3n) is 5.10. The van der Waals surface area contributed by atoms with Crippen molar-refractivity contribution in [2.45, 2.75) is 13.0 Å². The molecule has 2 aromatic carbocycles. The van der Waals surface area contributed by atoms with Crippen molar-refractivity contribution < 1.29 is 0 Å². The van der Waals surface area contributed by atoms with Gasteiger partial charge in [0.15, 0.2) is 5.65 Å². The Labute approximate surface area is 177 Å². The van der Waals surface area contributed by atoms with E-state index in [9.17, 15) is 4.79 Å². The fraction of sp³-hybridized carbons (Fsp3) is 0.0870. The molecule has 0 saturated heterocycles. The molecule has 0 amide bonds. The van der Waals surface area contributed by atoms with Gasteiger partial charge >= 0.3 is 0 Å². The van der Waals surface area contributed by atoms with Crippen LogP contribution >= 0.6 is 11.6 Å². The largest absolute Gasteiger partial charge is 0.362 e. The lowest BCUT2D eigenvalue weighted by atomic mass is 10.1. The van der Waals surface area contributed by atoms with Gasteiger partial charge in [-0.05, 0) is 42.6 Å². The minimum absolute atomic E-state index is 0.146. The molecule has 1 unspecified atom stereocenters. The smallest absolute Gasteiger partial charge is 0.264 e. The normalized spacial score (nSPS) is 12.3. The first-order chi connectivity index (χ1) is 14.6.